The minimum absolute atomic E-state index is 0.00925. The van der Waals surface area contributed by atoms with Gasteiger partial charge in [-0.1, -0.05) is 38.1 Å². The fourth-order valence-electron chi connectivity index (χ4n) is 2.17. The second-order valence-corrected chi connectivity index (χ2v) is 6.33. The van der Waals surface area contributed by atoms with Gasteiger partial charge in [-0.3, -0.25) is 4.79 Å². The molecule has 1 heterocycles. The molecule has 106 valence electrons. The predicted molar refractivity (Wildman–Crippen MR) is 85.2 cm³/mol. The fraction of sp³-hybridized carbons (Fsp3) is 0.353. The van der Waals surface area contributed by atoms with E-state index in [1.165, 1.54) is 16.9 Å². The Labute approximate surface area is 124 Å². The van der Waals surface area contributed by atoms with Crippen LogP contribution in [-0.4, -0.2) is 5.91 Å². The topological polar surface area (TPSA) is 29.1 Å². The molecule has 2 rings (SSSR count). The highest BCUT2D eigenvalue weighted by atomic mass is 32.1. The Morgan fingerprint density at radius 3 is 2.40 bits per heavy atom. The number of amides is 1. The summed E-state index contributed by atoms with van der Waals surface area (Å²) in [5.74, 6) is 0.654. The lowest BCUT2D eigenvalue weighted by molar-refractivity contribution is 0.0940. The van der Waals surface area contributed by atoms with Crippen molar-refractivity contribution < 1.29 is 4.79 Å². The Kier molecular flexibility index (Phi) is 4.96. The van der Waals surface area contributed by atoms with Crippen molar-refractivity contribution in [3.05, 3.63) is 57.8 Å². The highest BCUT2D eigenvalue weighted by Crippen LogP contribution is 2.16. The van der Waals surface area contributed by atoms with Crippen molar-refractivity contribution in [2.75, 3.05) is 0 Å². The van der Waals surface area contributed by atoms with Gasteiger partial charge in [0.15, 0.2) is 0 Å². The molecule has 0 radical (unpaired) electrons. The summed E-state index contributed by atoms with van der Waals surface area (Å²) in [7, 11) is 0. The van der Waals surface area contributed by atoms with Gasteiger partial charge in [0, 0.05) is 5.38 Å². The molecular formula is C17H21NOS. The van der Waals surface area contributed by atoms with Gasteiger partial charge in [0.25, 0.3) is 5.91 Å². The van der Waals surface area contributed by atoms with Crippen molar-refractivity contribution in [3.8, 4) is 0 Å². The summed E-state index contributed by atoms with van der Waals surface area (Å²) < 4.78 is 0. The van der Waals surface area contributed by atoms with Crippen LogP contribution in [0.3, 0.4) is 0 Å². The van der Waals surface area contributed by atoms with Crippen molar-refractivity contribution in [3.63, 3.8) is 0 Å². The first kappa shape index (κ1) is 14.8. The van der Waals surface area contributed by atoms with Gasteiger partial charge >= 0.3 is 0 Å². The lowest BCUT2D eigenvalue weighted by Crippen LogP contribution is -2.26. The lowest BCUT2D eigenvalue weighted by atomic mass is 10.00. The summed E-state index contributed by atoms with van der Waals surface area (Å²) >= 11 is 1.54. The van der Waals surface area contributed by atoms with E-state index in [-0.39, 0.29) is 11.9 Å². The van der Waals surface area contributed by atoms with Crippen LogP contribution in [-0.2, 0) is 6.42 Å². The molecule has 0 aliphatic carbocycles. The summed E-state index contributed by atoms with van der Waals surface area (Å²) in [5.41, 5.74) is 3.22. The first-order valence-corrected chi connectivity index (χ1v) is 7.92. The van der Waals surface area contributed by atoms with Crippen LogP contribution < -0.4 is 5.32 Å². The van der Waals surface area contributed by atoms with Gasteiger partial charge in [-0.25, -0.2) is 0 Å². The molecule has 0 saturated heterocycles. The van der Waals surface area contributed by atoms with Crippen molar-refractivity contribution in [2.45, 2.75) is 33.2 Å². The quantitative estimate of drug-likeness (QED) is 0.865. The van der Waals surface area contributed by atoms with Crippen molar-refractivity contribution in [2.24, 2.45) is 5.92 Å². The highest BCUT2D eigenvalue weighted by molar-refractivity contribution is 7.08. The monoisotopic (exact) mass is 287 g/mol. The average Bonchev–Trinajstić information content (AvgIpc) is 2.92. The number of thiophene rings is 1. The van der Waals surface area contributed by atoms with Crippen LogP contribution in [0.2, 0.25) is 0 Å². The number of hydrogen-bond donors (Lipinski definition) is 1. The van der Waals surface area contributed by atoms with Crippen LogP contribution in [0.15, 0.2) is 41.1 Å². The zero-order valence-corrected chi connectivity index (χ0v) is 13.0. The third-order valence-electron chi connectivity index (χ3n) is 3.25. The van der Waals surface area contributed by atoms with Crippen LogP contribution in [0.4, 0.5) is 0 Å². The summed E-state index contributed by atoms with van der Waals surface area (Å²) in [6.07, 6.45) is 1.09. The normalized spacial score (nSPS) is 12.4. The van der Waals surface area contributed by atoms with E-state index >= 15 is 0 Å². The molecule has 1 aromatic heterocycles. The Hall–Kier alpha value is -1.61. The van der Waals surface area contributed by atoms with Crippen molar-refractivity contribution in [1.29, 1.82) is 0 Å². The Morgan fingerprint density at radius 1 is 1.15 bits per heavy atom. The second kappa shape index (κ2) is 6.71. The first-order chi connectivity index (χ1) is 9.56. The van der Waals surface area contributed by atoms with Crippen LogP contribution in [0.1, 0.15) is 48.3 Å². The van der Waals surface area contributed by atoms with E-state index in [2.05, 4.69) is 43.4 Å². The van der Waals surface area contributed by atoms with E-state index in [0.717, 1.165) is 17.5 Å². The van der Waals surface area contributed by atoms with Gasteiger partial charge < -0.3 is 5.32 Å². The molecule has 3 heteroatoms. The summed E-state index contributed by atoms with van der Waals surface area (Å²) in [4.78, 5) is 12.0. The number of benzene rings is 1. The van der Waals surface area contributed by atoms with Crippen LogP contribution in [0.5, 0.6) is 0 Å². The molecule has 2 nitrogen and oxygen atoms in total. The number of rotatable bonds is 5. The molecule has 0 aliphatic heterocycles. The zero-order chi connectivity index (χ0) is 14.5. The summed E-state index contributed by atoms with van der Waals surface area (Å²) in [5, 5.41) is 6.81. The van der Waals surface area contributed by atoms with Crippen LogP contribution in [0.25, 0.3) is 0 Å². The molecule has 0 saturated carbocycles. The third kappa shape index (κ3) is 3.94. The molecule has 2 aromatic rings. The van der Waals surface area contributed by atoms with Gasteiger partial charge in [-0.05, 0) is 41.8 Å². The number of nitrogens with one attached hydrogen (secondary N) is 1. The molecule has 1 atom stereocenters. The van der Waals surface area contributed by atoms with Crippen LogP contribution in [0, 0.1) is 5.92 Å². The average molecular weight is 287 g/mol. The number of hydrogen-bond acceptors (Lipinski definition) is 2. The van der Waals surface area contributed by atoms with E-state index < -0.39 is 0 Å². The van der Waals surface area contributed by atoms with E-state index in [1.807, 2.05) is 23.8 Å². The predicted octanol–water partition coefficient (Wildman–Crippen LogP) is 4.44. The Bertz CT molecular complexity index is 543. The van der Waals surface area contributed by atoms with Gasteiger partial charge in [0.05, 0.1) is 11.6 Å². The maximum atomic E-state index is 12.0. The molecule has 20 heavy (non-hydrogen) atoms. The number of carbonyl (C=O) groups is 1. The second-order valence-electron chi connectivity index (χ2n) is 5.55. The SMILES string of the molecule is CC(C)Cc1ccc([C@@H](C)NC(=O)c2ccsc2)cc1. The van der Waals surface area contributed by atoms with E-state index in [9.17, 15) is 4.79 Å². The van der Waals surface area contributed by atoms with Gasteiger partial charge in [0.2, 0.25) is 0 Å². The maximum absolute atomic E-state index is 12.0. The standard InChI is InChI=1S/C17H21NOS/c1-12(2)10-14-4-6-15(7-5-14)13(3)18-17(19)16-8-9-20-11-16/h4-9,11-13H,10H2,1-3H3,(H,18,19)/t13-/m1/s1. The minimum atomic E-state index is -0.00925. The summed E-state index contributed by atoms with van der Waals surface area (Å²) in [6, 6.07) is 10.4. The van der Waals surface area contributed by atoms with Crippen LogP contribution >= 0.6 is 11.3 Å². The largest absolute Gasteiger partial charge is 0.345 e. The summed E-state index contributed by atoms with van der Waals surface area (Å²) in [6.45, 7) is 6.46. The molecule has 0 unspecified atom stereocenters. The third-order valence-corrected chi connectivity index (χ3v) is 3.94. The van der Waals surface area contributed by atoms with Gasteiger partial charge in [-0.15, -0.1) is 0 Å². The fourth-order valence-corrected chi connectivity index (χ4v) is 2.81. The lowest BCUT2D eigenvalue weighted by Gasteiger charge is -2.15. The molecular weight excluding hydrogens is 266 g/mol. The smallest absolute Gasteiger partial charge is 0.252 e. The molecule has 1 aromatic carbocycles. The Balaban J connectivity index is 1.98. The zero-order valence-electron chi connectivity index (χ0n) is 12.2. The Morgan fingerprint density at radius 2 is 1.85 bits per heavy atom. The molecule has 0 fully saturated rings. The van der Waals surface area contributed by atoms with E-state index in [4.69, 9.17) is 0 Å². The van der Waals surface area contributed by atoms with Crippen molar-refractivity contribution >= 4 is 17.2 Å². The van der Waals surface area contributed by atoms with Gasteiger partial charge in [-0.2, -0.15) is 11.3 Å². The first-order valence-electron chi connectivity index (χ1n) is 6.98. The molecule has 1 amide bonds. The van der Waals surface area contributed by atoms with E-state index in [1.54, 1.807) is 0 Å². The van der Waals surface area contributed by atoms with E-state index in [0.29, 0.717) is 5.92 Å². The highest BCUT2D eigenvalue weighted by Gasteiger charge is 2.11. The molecule has 0 aliphatic rings. The number of carbonyl (C=O) groups excluding carboxylic acids is 1. The molecule has 0 bridgehead atoms. The molecule has 0 spiro atoms. The van der Waals surface area contributed by atoms with Gasteiger partial charge in [0.1, 0.15) is 0 Å². The maximum Gasteiger partial charge on any atom is 0.252 e. The minimum Gasteiger partial charge on any atom is -0.345 e. The van der Waals surface area contributed by atoms with Crippen molar-refractivity contribution in [1.82, 2.24) is 5.32 Å². The molecule has 1 N–H and O–H groups in total.